The van der Waals surface area contributed by atoms with Crippen molar-refractivity contribution in [3.8, 4) is 0 Å². The van der Waals surface area contributed by atoms with Gasteiger partial charge in [-0.15, -0.1) is 0 Å². The molecule has 0 aliphatic rings. The van der Waals surface area contributed by atoms with E-state index in [0.717, 1.165) is 6.42 Å². The zero-order chi connectivity index (χ0) is 18.6. The highest BCUT2D eigenvalue weighted by molar-refractivity contribution is 5.71. The summed E-state index contributed by atoms with van der Waals surface area (Å²) in [7, 11) is 3.76. The monoisotopic (exact) mass is 353 g/mol. The Kier molecular flexibility index (Phi) is 18.8. The van der Waals surface area contributed by atoms with E-state index >= 15 is 0 Å². The molecule has 0 saturated carbocycles. The first-order valence-corrected chi connectivity index (χ1v) is 10.6. The van der Waals surface area contributed by atoms with Crippen molar-refractivity contribution in [1.82, 2.24) is 4.90 Å². The molecule has 0 fully saturated rings. The summed E-state index contributed by atoms with van der Waals surface area (Å²) in [4.78, 5) is 13.2. The third kappa shape index (κ3) is 21.1. The molecule has 0 bridgehead atoms. The fourth-order valence-electron chi connectivity index (χ4n) is 2.84. The minimum atomic E-state index is -0.113. The van der Waals surface area contributed by atoms with Crippen molar-refractivity contribution < 1.29 is 9.53 Å². The van der Waals surface area contributed by atoms with E-state index in [1.165, 1.54) is 83.5 Å². The van der Waals surface area contributed by atoms with Crippen molar-refractivity contribution in [1.29, 1.82) is 0 Å². The van der Waals surface area contributed by atoms with Gasteiger partial charge in [0.2, 0.25) is 0 Å². The molecule has 0 atom stereocenters. The molecule has 148 valence electrons. The number of likely N-dealkylation sites (N-methyl/N-ethyl adjacent to an activating group) is 1. The Bertz CT molecular complexity index is 313. The summed E-state index contributed by atoms with van der Waals surface area (Å²) in [5, 5.41) is 0. The van der Waals surface area contributed by atoms with Crippen LogP contribution in [0.4, 0.5) is 0 Å². The van der Waals surface area contributed by atoms with Gasteiger partial charge in [-0.2, -0.15) is 0 Å². The van der Waals surface area contributed by atoms with E-state index in [2.05, 4.69) is 19.1 Å². The Morgan fingerprint density at radius 3 is 1.76 bits per heavy atom. The molecular weight excluding hydrogens is 310 g/mol. The van der Waals surface area contributed by atoms with Crippen LogP contribution in [0.5, 0.6) is 0 Å². The van der Waals surface area contributed by atoms with Crippen LogP contribution in [0.15, 0.2) is 12.2 Å². The molecule has 0 rings (SSSR count). The largest absolute Gasteiger partial charge is 0.465 e. The Morgan fingerprint density at radius 2 is 1.24 bits per heavy atom. The second-order valence-corrected chi connectivity index (χ2v) is 7.40. The van der Waals surface area contributed by atoms with E-state index in [-0.39, 0.29) is 5.97 Å². The van der Waals surface area contributed by atoms with Crippen LogP contribution in [0, 0.1) is 0 Å². The first kappa shape index (κ1) is 24.2. The predicted molar refractivity (Wildman–Crippen MR) is 109 cm³/mol. The molecule has 0 amide bonds. The van der Waals surface area contributed by atoms with Gasteiger partial charge < -0.3 is 4.74 Å². The highest BCUT2D eigenvalue weighted by Crippen LogP contribution is 2.10. The number of allylic oxidation sites excluding steroid dienone is 2. The molecule has 0 saturated heterocycles. The predicted octanol–water partition coefficient (Wildman–Crippen LogP) is 6.13. The average molecular weight is 354 g/mol. The molecule has 0 unspecified atom stereocenters. The van der Waals surface area contributed by atoms with E-state index in [0.29, 0.717) is 13.2 Å². The smallest absolute Gasteiger partial charge is 0.320 e. The lowest BCUT2D eigenvalue weighted by atomic mass is 10.1. The van der Waals surface area contributed by atoms with E-state index < -0.39 is 0 Å². The first-order valence-electron chi connectivity index (χ1n) is 10.6. The second kappa shape index (κ2) is 19.5. The van der Waals surface area contributed by atoms with Crippen molar-refractivity contribution in [2.75, 3.05) is 27.2 Å². The lowest BCUT2D eigenvalue weighted by Crippen LogP contribution is -2.23. The maximum Gasteiger partial charge on any atom is 0.320 e. The number of hydrogen-bond acceptors (Lipinski definition) is 3. The number of esters is 1. The topological polar surface area (TPSA) is 29.5 Å². The van der Waals surface area contributed by atoms with Gasteiger partial charge in [-0.05, 0) is 46.2 Å². The van der Waals surface area contributed by atoms with Crippen LogP contribution in [-0.2, 0) is 9.53 Å². The summed E-state index contributed by atoms with van der Waals surface area (Å²) in [5.74, 6) is -0.113. The Hall–Kier alpha value is -0.830. The van der Waals surface area contributed by atoms with E-state index in [4.69, 9.17) is 4.74 Å². The van der Waals surface area contributed by atoms with Crippen molar-refractivity contribution in [3.63, 3.8) is 0 Å². The SMILES string of the molecule is CCCCCCCCC=CCCCCCCCCOC(=O)CN(C)C. The lowest BCUT2D eigenvalue weighted by molar-refractivity contribution is -0.144. The van der Waals surface area contributed by atoms with Crippen molar-refractivity contribution in [3.05, 3.63) is 12.2 Å². The summed E-state index contributed by atoms with van der Waals surface area (Å²) in [5.41, 5.74) is 0. The zero-order valence-corrected chi connectivity index (χ0v) is 17.2. The molecule has 0 heterocycles. The molecule has 25 heavy (non-hydrogen) atoms. The normalized spacial score (nSPS) is 11.5. The molecule has 0 spiro atoms. The number of carbonyl (C=O) groups excluding carboxylic acids is 1. The van der Waals surface area contributed by atoms with Crippen LogP contribution < -0.4 is 0 Å². The van der Waals surface area contributed by atoms with Gasteiger partial charge >= 0.3 is 5.97 Å². The summed E-state index contributed by atoms with van der Waals surface area (Å²) in [6.07, 6.45) is 22.9. The van der Waals surface area contributed by atoms with Crippen LogP contribution >= 0.6 is 0 Å². The van der Waals surface area contributed by atoms with Gasteiger partial charge in [0.05, 0.1) is 13.2 Å². The number of carbonyl (C=O) groups is 1. The van der Waals surface area contributed by atoms with Crippen molar-refractivity contribution >= 4 is 5.97 Å². The first-order chi connectivity index (χ1) is 12.2. The van der Waals surface area contributed by atoms with Crippen LogP contribution in [0.1, 0.15) is 96.8 Å². The lowest BCUT2D eigenvalue weighted by Gasteiger charge is -2.09. The minimum Gasteiger partial charge on any atom is -0.465 e. The van der Waals surface area contributed by atoms with Crippen LogP contribution in [-0.4, -0.2) is 38.1 Å². The molecule has 3 heteroatoms. The second-order valence-electron chi connectivity index (χ2n) is 7.40. The third-order valence-electron chi connectivity index (χ3n) is 4.36. The van der Waals surface area contributed by atoms with Gasteiger partial charge in [0.15, 0.2) is 0 Å². The quantitative estimate of drug-likeness (QED) is 0.169. The molecule has 0 aliphatic heterocycles. The van der Waals surface area contributed by atoms with Gasteiger partial charge in [0.1, 0.15) is 0 Å². The molecule has 0 aromatic carbocycles. The molecule has 0 aromatic heterocycles. The summed E-state index contributed by atoms with van der Waals surface area (Å²) < 4.78 is 5.18. The van der Waals surface area contributed by atoms with E-state index in [1.54, 1.807) is 0 Å². The van der Waals surface area contributed by atoms with E-state index in [1.807, 2.05) is 19.0 Å². The summed E-state index contributed by atoms with van der Waals surface area (Å²) in [6, 6.07) is 0. The molecule has 0 aliphatic carbocycles. The maximum absolute atomic E-state index is 11.3. The van der Waals surface area contributed by atoms with E-state index in [9.17, 15) is 4.79 Å². The standard InChI is InChI=1S/C22H43NO2/c1-4-5-6-7-8-9-10-11-12-13-14-15-16-17-18-19-20-25-22(24)21-23(2)3/h11-12H,4-10,13-21H2,1-3H3. The van der Waals surface area contributed by atoms with Crippen LogP contribution in [0.3, 0.4) is 0 Å². The number of hydrogen-bond donors (Lipinski definition) is 0. The third-order valence-corrected chi connectivity index (χ3v) is 4.36. The maximum atomic E-state index is 11.3. The highest BCUT2D eigenvalue weighted by Gasteiger charge is 2.03. The Balaban J connectivity index is 3.16. The molecule has 0 radical (unpaired) electrons. The number of ether oxygens (including phenoxy) is 1. The van der Waals surface area contributed by atoms with Gasteiger partial charge in [-0.1, -0.05) is 76.9 Å². The highest BCUT2D eigenvalue weighted by atomic mass is 16.5. The van der Waals surface area contributed by atoms with Gasteiger partial charge in [0, 0.05) is 0 Å². The zero-order valence-electron chi connectivity index (χ0n) is 17.2. The fraction of sp³-hybridized carbons (Fsp3) is 0.864. The van der Waals surface area contributed by atoms with Crippen molar-refractivity contribution in [2.24, 2.45) is 0 Å². The van der Waals surface area contributed by atoms with Crippen LogP contribution in [0.2, 0.25) is 0 Å². The fourth-order valence-corrected chi connectivity index (χ4v) is 2.84. The minimum absolute atomic E-state index is 0.113. The van der Waals surface area contributed by atoms with Gasteiger partial charge in [0.25, 0.3) is 0 Å². The number of nitrogens with zero attached hydrogens (tertiary/aromatic N) is 1. The van der Waals surface area contributed by atoms with Gasteiger partial charge in [-0.3, -0.25) is 9.69 Å². The summed E-state index contributed by atoms with van der Waals surface area (Å²) >= 11 is 0. The average Bonchev–Trinajstić information content (AvgIpc) is 2.57. The van der Waals surface area contributed by atoms with Crippen LogP contribution in [0.25, 0.3) is 0 Å². The van der Waals surface area contributed by atoms with Gasteiger partial charge in [-0.25, -0.2) is 0 Å². The Labute approximate surface area is 157 Å². The number of rotatable bonds is 18. The molecule has 0 N–H and O–H groups in total. The van der Waals surface area contributed by atoms with Crippen molar-refractivity contribution in [2.45, 2.75) is 96.8 Å². The summed E-state index contributed by atoms with van der Waals surface area (Å²) in [6.45, 7) is 3.23. The Morgan fingerprint density at radius 1 is 0.760 bits per heavy atom. The molecule has 0 aromatic rings. The molecule has 3 nitrogen and oxygen atoms in total. The molecular formula is C22H43NO2. The number of unbranched alkanes of at least 4 members (excludes halogenated alkanes) is 12.